The van der Waals surface area contributed by atoms with Crippen molar-refractivity contribution in [3.8, 4) is 0 Å². The van der Waals surface area contributed by atoms with E-state index in [4.69, 9.17) is 0 Å². The Morgan fingerprint density at radius 1 is 1.75 bits per heavy atom. The summed E-state index contributed by atoms with van der Waals surface area (Å²) in [6.07, 6.45) is 1.08. The molecule has 0 spiro atoms. The number of alkyl halides is 1. The highest BCUT2D eigenvalue weighted by molar-refractivity contribution is 9.09. The van der Waals surface area contributed by atoms with Gasteiger partial charge < -0.3 is 4.90 Å². The number of hydrogen-bond donors (Lipinski definition) is 0. The van der Waals surface area contributed by atoms with Gasteiger partial charge in [-0.2, -0.15) is 0 Å². The number of rotatable bonds is 3. The Labute approximate surface area is 82.4 Å². The molecule has 70 valence electrons. The van der Waals surface area contributed by atoms with Crippen molar-refractivity contribution in [3.05, 3.63) is 0 Å². The molecule has 3 heteroatoms. The molecule has 1 fully saturated rings. The lowest BCUT2D eigenvalue weighted by molar-refractivity contribution is -0.132. The van der Waals surface area contributed by atoms with Crippen molar-refractivity contribution < 1.29 is 4.79 Å². The monoisotopic (exact) mass is 233 g/mol. The average molecular weight is 234 g/mol. The summed E-state index contributed by atoms with van der Waals surface area (Å²) in [5.74, 6) is 1.24. The molecule has 0 saturated heterocycles. The van der Waals surface area contributed by atoms with Crippen LogP contribution in [0.5, 0.6) is 0 Å². The number of carbonyl (C=O) groups excluding carboxylic acids is 1. The molecule has 12 heavy (non-hydrogen) atoms. The molecule has 0 aromatic heterocycles. The first-order valence-corrected chi connectivity index (χ1v) is 5.52. The average Bonchev–Trinajstić information content (AvgIpc) is 2.78. The summed E-state index contributed by atoms with van der Waals surface area (Å²) in [5, 5.41) is 0.857. The third-order valence-corrected chi connectivity index (χ3v) is 3.60. The molecule has 0 aromatic rings. The number of amides is 1. The number of hydrogen-bond acceptors (Lipinski definition) is 1. The maximum Gasteiger partial charge on any atom is 0.225 e. The van der Waals surface area contributed by atoms with Crippen molar-refractivity contribution in [2.45, 2.75) is 26.3 Å². The van der Waals surface area contributed by atoms with Gasteiger partial charge in [0.05, 0.1) is 0 Å². The molecule has 0 aliphatic heterocycles. The Hall–Kier alpha value is -0.0500. The van der Waals surface area contributed by atoms with Crippen LogP contribution in [0.2, 0.25) is 0 Å². The topological polar surface area (TPSA) is 20.3 Å². The van der Waals surface area contributed by atoms with Crippen molar-refractivity contribution in [2.75, 3.05) is 12.4 Å². The van der Waals surface area contributed by atoms with Crippen LogP contribution >= 0.6 is 15.9 Å². The van der Waals surface area contributed by atoms with Crippen LogP contribution in [0, 0.1) is 11.8 Å². The lowest BCUT2D eigenvalue weighted by Crippen LogP contribution is -2.37. The highest BCUT2D eigenvalue weighted by Crippen LogP contribution is 2.39. The highest BCUT2D eigenvalue weighted by Gasteiger charge is 2.41. The Morgan fingerprint density at radius 2 is 2.25 bits per heavy atom. The predicted molar refractivity (Wildman–Crippen MR) is 53.3 cm³/mol. The van der Waals surface area contributed by atoms with E-state index >= 15 is 0 Å². The van der Waals surface area contributed by atoms with Crippen LogP contribution in [-0.2, 0) is 4.79 Å². The first-order valence-electron chi connectivity index (χ1n) is 4.40. The standard InChI is InChI=1S/C9H16BrNO/c1-6-4-8(6)9(12)11(3)7(2)5-10/h6-8H,4-5H2,1-3H3. The molecule has 0 aromatic carbocycles. The zero-order valence-corrected chi connectivity index (χ0v) is 9.47. The first-order chi connectivity index (χ1) is 5.57. The molecule has 0 N–H and O–H groups in total. The summed E-state index contributed by atoms with van der Waals surface area (Å²) in [4.78, 5) is 13.5. The van der Waals surface area contributed by atoms with Crippen molar-refractivity contribution >= 4 is 21.8 Å². The molecule has 3 unspecified atom stereocenters. The van der Waals surface area contributed by atoms with Gasteiger partial charge in [-0.15, -0.1) is 0 Å². The molecule has 0 bridgehead atoms. The van der Waals surface area contributed by atoms with Crippen LogP contribution in [0.4, 0.5) is 0 Å². The van der Waals surface area contributed by atoms with Crippen molar-refractivity contribution in [1.29, 1.82) is 0 Å². The summed E-state index contributed by atoms with van der Waals surface area (Å²) >= 11 is 3.37. The van der Waals surface area contributed by atoms with E-state index in [1.54, 1.807) is 0 Å². The Balaban J connectivity index is 2.41. The van der Waals surface area contributed by atoms with Gasteiger partial charge in [-0.25, -0.2) is 0 Å². The van der Waals surface area contributed by atoms with E-state index in [0.717, 1.165) is 11.8 Å². The van der Waals surface area contributed by atoms with Gasteiger partial charge in [-0.3, -0.25) is 4.79 Å². The fourth-order valence-electron chi connectivity index (χ4n) is 1.25. The van der Waals surface area contributed by atoms with Gasteiger partial charge in [0.15, 0.2) is 0 Å². The van der Waals surface area contributed by atoms with Crippen LogP contribution in [0.15, 0.2) is 0 Å². The number of halogens is 1. The maximum absolute atomic E-state index is 11.6. The largest absolute Gasteiger partial charge is 0.342 e. The molecule has 3 atom stereocenters. The Morgan fingerprint density at radius 3 is 2.58 bits per heavy atom. The molecule has 1 rings (SSSR count). The normalized spacial score (nSPS) is 29.7. The van der Waals surface area contributed by atoms with E-state index in [2.05, 4.69) is 29.8 Å². The molecule has 1 aliphatic carbocycles. The van der Waals surface area contributed by atoms with Crippen LogP contribution in [-0.4, -0.2) is 29.2 Å². The summed E-state index contributed by atoms with van der Waals surface area (Å²) in [7, 11) is 1.89. The summed E-state index contributed by atoms with van der Waals surface area (Å²) in [6, 6.07) is 0.310. The van der Waals surface area contributed by atoms with Gasteiger partial charge in [0.25, 0.3) is 0 Å². The van der Waals surface area contributed by atoms with E-state index in [1.807, 2.05) is 11.9 Å². The van der Waals surface area contributed by atoms with Crippen molar-refractivity contribution in [1.82, 2.24) is 4.90 Å². The van der Waals surface area contributed by atoms with Gasteiger partial charge in [-0.1, -0.05) is 22.9 Å². The molecular weight excluding hydrogens is 218 g/mol. The number of carbonyl (C=O) groups is 1. The van der Waals surface area contributed by atoms with E-state index in [9.17, 15) is 4.79 Å². The van der Waals surface area contributed by atoms with E-state index < -0.39 is 0 Å². The molecule has 0 heterocycles. The third kappa shape index (κ3) is 2.00. The fourth-order valence-corrected chi connectivity index (χ4v) is 1.68. The second-order valence-electron chi connectivity index (χ2n) is 3.77. The zero-order chi connectivity index (χ0) is 9.30. The van der Waals surface area contributed by atoms with Gasteiger partial charge in [-0.05, 0) is 19.3 Å². The molecule has 1 saturated carbocycles. The van der Waals surface area contributed by atoms with Crippen LogP contribution in [0.25, 0.3) is 0 Å². The Bertz CT molecular complexity index is 183. The summed E-state index contributed by atoms with van der Waals surface area (Å²) in [5.41, 5.74) is 0. The second-order valence-corrected chi connectivity index (χ2v) is 4.42. The summed E-state index contributed by atoms with van der Waals surface area (Å²) < 4.78 is 0. The predicted octanol–water partition coefficient (Wildman–Crippen LogP) is 1.88. The fraction of sp³-hybridized carbons (Fsp3) is 0.889. The SMILES string of the molecule is CC1CC1C(=O)N(C)C(C)CBr. The molecule has 0 radical (unpaired) electrons. The molecule has 2 nitrogen and oxygen atoms in total. The smallest absolute Gasteiger partial charge is 0.225 e. The van der Waals surface area contributed by atoms with E-state index in [-0.39, 0.29) is 0 Å². The lowest BCUT2D eigenvalue weighted by atomic mass is 10.2. The van der Waals surface area contributed by atoms with Crippen LogP contribution in [0.1, 0.15) is 20.3 Å². The van der Waals surface area contributed by atoms with Gasteiger partial charge in [0, 0.05) is 24.3 Å². The van der Waals surface area contributed by atoms with Crippen LogP contribution in [0.3, 0.4) is 0 Å². The van der Waals surface area contributed by atoms with E-state index in [1.165, 1.54) is 0 Å². The molecular formula is C9H16BrNO. The minimum Gasteiger partial charge on any atom is -0.342 e. The number of nitrogens with zero attached hydrogens (tertiary/aromatic N) is 1. The first kappa shape index (κ1) is 10.0. The van der Waals surface area contributed by atoms with Crippen LogP contribution < -0.4 is 0 Å². The Kier molecular flexibility index (Phi) is 3.16. The third-order valence-electron chi connectivity index (χ3n) is 2.66. The minimum atomic E-state index is 0.310. The van der Waals surface area contributed by atoms with Gasteiger partial charge in [0.1, 0.15) is 0 Å². The van der Waals surface area contributed by atoms with Crippen molar-refractivity contribution in [2.24, 2.45) is 11.8 Å². The molecule has 1 aliphatic rings. The molecule has 1 amide bonds. The highest BCUT2D eigenvalue weighted by atomic mass is 79.9. The quantitative estimate of drug-likeness (QED) is 0.683. The second kappa shape index (κ2) is 3.77. The summed E-state index contributed by atoms with van der Waals surface area (Å²) in [6.45, 7) is 4.19. The minimum absolute atomic E-state index is 0.310. The lowest BCUT2D eigenvalue weighted by Gasteiger charge is -2.23. The van der Waals surface area contributed by atoms with E-state index in [0.29, 0.717) is 23.8 Å². The van der Waals surface area contributed by atoms with Gasteiger partial charge in [0.2, 0.25) is 5.91 Å². The zero-order valence-electron chi connectivity index (χ0n) is 7.88. The van der Waals surface area contributed by atoms with Crippen molar-refractivity contribution in [3.63, 3.8) is 0 Å². The maximum atomic E-state index is 11.6. The van der Waals surface area contributed by atoms with Gasteiger partial charge >= 0.3 is 0 Å².